The lowest BCUT2D eigenvalue weighted by Crippen LogP contribution is -2.69. The van der Waals surface area contributed by atoms with Gasteiger partial charge in [-0.25, -0.2) is 0 Å². The van der Waals surface area contributed by atoms with Crippen molar-refractivity contribution in [3.8, 4) is 0 Å². The monoisotopic (exact) mass is 1310 g/mol. The molecule has 8 heterocycles. The summed E-state index contributed by atoms with van der Waals surface area (Å²) in [4.78, 5) is 0. The lowest BCUT2D eigenvalue weighted by atomic mass is 9.95. The molecule has 0 aromatic heterocycles. The van der Waals surface area contributed by atoms with Crippen molar-refractivity contribution in [3.63, 3.8) is 0 Å². The van der Waals surface area contributed by atoms with E-state index in [1.54, 1.807) is 0 Å². The molecule has 0 saturated carbocycles. The fourth-order valence-electron chi connectivity index (χ4n) is 11.5. The number of rotatable bonds is 22. The molecule has 0 aromatic carbocycles. The lowest BCUT2D eigenvalue weighted by Gasteiger charge is -2.50. The van der Waals surface area contributed by atoms with Crippen molar-refractivity contribution in [3.05, 3.63) is 0 Å². The molecule has 0 aromatic rings. The molecule has 0 aliphatic carbocycles. The molecule has 0 radical (unpaired) electrons. The first-order valence-electron chi connectivity index (χ1n) is 28.2. The van der Waals surface area contributed by atoms with Gasteiger partial charge in [0.2, 0.25) is 0 Å². The predicted molar refractivity (Wildman–Crippen MR) is 264 cm³/mol. The van der Waals surface area contributed by atoms with Crippen LogP contribution in [0.2, 0.25) is 0 Å². The molecule has 89 heavy (non-hydrogen) atoms. The van der Waals surface area contributed by atoms with Gasteiger partial charge in [-0.15, -0.1) is 0 Å². The number of aliphatic hydroxyl groups excluding tert-OH is 26. The van der Waals surface area contributed by atoms with E-state index < -0.39 is 299 Å². The zero-order chi connectivity index (χ0) is 65.4. The van der Waals surface area contributed by atoms with Crippen LogP contribution >= 0.6 is 0 Å². The van der Waals surface area contributed by atoms with Crippen LogP contribution in [0, 0.1) is 0 Å². The van der Waals surface area contributed by atoms with Crippen molar-refractivity contribution in [1.82, 2.24) is 0 Å². The number of aliphatic hydroxyl groups is 26. The summed E-state index contributed by atoms with van der Waals surface area (Å²) in [6.45, 7) is -8.32. The van der Waals surface area contributed by atoms with Crippen molar-refractivity contribution >= 4 is 0 Å². The molecule has 0 bridgehead atoms. The summed E-state index contributed by atoms with van der Waals surface area (Å²) in [5, 5.41) is 280. The molecule has 8 saturated heterocycles. The highest BCUT2D eigenvalue weighted by Gasteiger charge is 2.60. The normalized spacial score (nSPS) is 53.6. The van der Waals surface area contributed by atoms with Crippen molar-refractivity contribution < 1.29 is 204 Å². The van der Waals surface area contributed by atoms with E-state index in [-0.39, 0.29) is 0 Å². The van der Waals surface area contributed by atoms with Gasteiger partial charge in [-0.2, -0.15) is 0 Å². The first-order valence-corrected chi connectivity index (χ1v) is 28.2. The van der Waals surface area contributed by atoms with Crippen LogP contribution in [0.3, 0.4) is 0 Å². The van der Waals surface area contributed by atoms with E-state index in [0.717, 1.165) is 0 Å². The van der Waals surface area contributed by atoms with Crippen LogP contribution in [0.25, 0.3) is 0 Å². The van der Waals surface area contributed by atoms with Gasteiger partial charge in [0.25, 0.3) is 0 Å². The van der Waals surface area contributed by atoms with Crippen LogP contribution in [0.4, 0.5) is 0 Å². The van der Waals surface area contributed by atoms with E-state index in [1.807, 2.05) is 0 Å². The third-order valence-electron chi connectivity index (χ3n) is 16.7. The molecule has 26 N–H and O–H groups in total. The van der Waals surface area contributed by atoms with Crippen LogP contribution in [-0.2, 0) is 71.1 Å². The Labute approximate surface area is 501 Å². The molecule has 41 nitrogen and oxygen atoms in total. The number of hydrogen-bond donors (Lipinski definition) is 26. The van der Waals surface area contributed by atoms with Gasteiger partial charge in [-0.3, -0.25) is 0 Å². The second-order valence-corrected chi connectivity index (χ2v) is 22.4. The summed E-state index contributed by atoms with van der Waals surface area (Å²) >= 11 is 0. The molecular formula is C48H82O41. The third-order valence-corrected chi connectivity index (χ3v) is 16.7. The van der Waals surface area contributed by atoms with Crippen molar-refractivity contribution in [2.45, 2.75) is 246 Å². The first kappa shape index (κ1) is 73.2. The average molecular weight is 1320 g/mol. The van der Waals surface area contributed by atoms with E-state index in [9.17, 15) is 133 Å². The summed E-state index contributed by atoms with van der Waals surface area (Å²) in [5.74, 6) is 0. The van der Waals surface area contributed by atoms with Gasteiger partial charge in [-0.05, 0) is 0 Å². The van der Waals surface area contributed by atoms with Gasteiger partial charge < -0.3 is 204 Å². The van der Waals surface area contributed by atoms with Crippen molar-refractivity contribution in [2.24, 2.45) is 0 Å². The smallest absolute Gasteiger partial charge is 0.187 e. The number of hydrogen-bond acceptors (Lipinski definition) is 41. The summed E-state index contributed by atoms with van der Waals surface area (Å²) < 4.78 is 83.8. The summed E-state index contributed by atoms with van der Waals surface area (Å²) in [7, 11) is 0. The highest BCUT2D eigenvalue weighted by molar-refractivity contribution is 5.02. The SMILES string of the molecule is OC[C@H]1O[C@H](O[C@H]2[C@@H](O)[C@@H](CO)O[C@H](O[C@H]3[C@@H](O)[C@@H](CO)O[C@H](O[C@H]4[C@@H](O)[C@@H](CO)O[C@H](O[C@H]5[C@@H](O)[C@@H](CO)O[C@H](O[C@H]6[C@@H](O)[C@@H](CO)O[C@H](O[C@@H]7[C@H](O)[C@@H](O)[C@H](O[C@H]8[C@H](O)[C@@H](O)[C@H](O)O[C@@H]8CO)O[C@@H]7CO)[C@@H]6O)[C@@H]5O)[C@@H]4O)[C@@H]3O)[C@@H]2O)[C@H](O)[C@@H](O)[C@H]1O. The van der Waals surface area contributed by atoms with Crippen LogP contribution < -0.4 is 0 Å². The molecule has 8 aliphatic rings. The Morgan fingerprint density at radius 2 is 0.360 bits per heavy atom. The predicted octanol–water partition coefficient (Wildman–Crippen LogP) is -18.5. The maximum absolute atomic E-state index is 11.8. The van der Waals surface area contributed by atoms with Gasteiger partial charge in [0.15, 0.2) is 50.3 Å². The zero-order valence-electron chi connectivity index (χ0n) is 46.5. The van der Waals surface area contributed by atoms with E-state index in [2.05, 4.69) is 0 Å². The van der Waals surface area contributed by atoms with Crippen LogP contribution in [0.1, 0.15) is 0 Å². The minimum Gasteiger partial charge on any atom is -0.394 e. The minimum absolute atomic E-state index is 0.905. The first-order chi connectivity index (χ1) is 42.2. The van der Waals surface area contributed by atoms with E-state index >= 15 is 0 Å². The minimum atomic E-state index is -2.37. The second kappa shape index (κ2) is 31.5. The Balaban J connectivity index is 0.952. The molecular weight excluding hydrogens is 1230 g/mol. The fraction of sp³-hybridized carbons (Fsp3) is 1.00. The summed E-state index contributed by atoms with van der Waals surface area (Å²) in [6, 6.07) is 0. The van der Waals surface area contributed by atoms with Crippen LogP contribution in [0.5, 0.6) is 0 Å². The molecule has 0 amide bonds. The van der Waals surface area contributed by atoms with Gasteiger partial charge in [0.05, 0.1) is 52.9 Å². The van der Waals surface area contributed by atoms with Crippen molar-refractivity contribution in [2.75, 3.05) is 52.9 Å². The van der Waals surface area contributed by atoms with Gasteiger partial charge in [0, 0.05) is 0 Å². The molecule has 40 atom stereocenters. The Morgan fingerprint density at radius 1 is 0.169 bits per heavy atom. The standard InChI is InChI=1S/C48H82O41/c49-1-9-17(57)23(63)27(67)42(76-9)85-36-18(58)11(3-51)78-45(30(36)70)87-38-20(60)13(5-53)80-47(32(38)72)89-40-22(62)14(6-54)81-48(33(40)73)88-39-21(61)12(4-52)79-46(31(39)71)86-37-19(59)10(2-50)77-44(29(37)69)84-35-16(8-56)82-43(28(68)25(35)65)83-34-15(7-55)75-41(74)26(66)24(34)64/h9-74H,1-8H2/t9-,10-,11-,12-,13-,14-,15-,16-,17+,18+,19+,20+,21+,22+,23+,24-,25-,26-,27-,28-,29-,30-,31-,32-,33-,34-,35+,36+,37+,38+,39+,40+,41-,42-,43+,44-,45-,46-,47-,48-/m1/s1. The Hall–Kier alpha value is -1.64. The highest BCUT2D eigenvalue weighted by Crippen LogP contribution is 2.39. The van der Waals surface area contributed by atoms with Gasteiger partial charge in [-0.1, -0.05) is 0 Å². The Bertz CT molecular complexity index is 2130. The maximum Gasteiger partial charge on any atom is 0.187 e. The molecule has 8 rings (SSSR count). The van der Waals surface area contributed by atoms with E-state index in [4.69, 9.17) is 71.1 Å². The van der Waals surface area contributed by atoms with E-state index in [1.165, 1.54) is 0 Å². The fourth-order valence-corrected chi connectivity index (χ4v) is 11.5. The molecule has 41 heteroatoms. The van der Waals surface area contributed by atoms with Crippen LogP contribution in [-0.4, -0.2) is 431 Å². The zero-order valence-corrected chi connectivity index (χ0v) is 46.5. The average Bonchev–Trinajstić information content (AvgIpc) is 1.93. The topological polar surface area (TPSA) is 664 Å². The van der Waals surface area contributed by atoms with Gasteiger partial charge in [0.1, 0.15) is 195 Å². The summed E-state index contributed by atoms with van der Waals surface area (Å²) in [6.07, 6.45) is -81.3. The maximum atomic E-state index is 11.8. The summed E-state index contributed by atoms with van der Waals surface area (Å²) in [5.41, 5.74) is 0. The largest absolute Gasteiger partial charge is 0.394 e. The lowest BCUT2D eigenvalue weighted by molar-refractivity contribution is -0.401. The highest BCUT2D eigenvalue weighted by atomic mass is 16.8. The second-order valence-electron chi connectivity index (χ2n) is 22.4. The Morgan fingerprint density at radius 3 is 0.618 bits per heavy atom. The van der Waals surface area contributed by atoms with Gasteiger partial charge >= 0.3 is 0 Å². The Kier molecular flexibility index (Phi) is 25.9. The molecule has 8 aliphatic heterocycles. The number of ether oxygens (including phenoxy) is 15. The van der Waals surface area contributed by atoms with E-state index in [0.29, 0.717) is 0 Å². The molecule has 0 unspecified atom stereocenters. The molecule has 0 spiro atoms. The molecule has 520 valence electrons. The quantitative estimate of drug-likeness (QED) is 0.0479. The molecule has 8 fully saturated rings. The van der Waals surface area contributed by atoms with Crippen LogP contribution in [0.15, 0.2) is 0 Å². The van der Waals surface area contributed by atoms with Crippen molar-refractivity contribution in [1.29, 1.82) is 0 Å². The third kappa shape index (κ3) is 15.0.